The molecule has 0 spiro atoms. The van der Waals surface area contributed by atoms with E-state index in [4.69, 9.17) is 0 Å². The van der Waals surface area contributed by atoms with Crippen LogP contribution in [0.4, 0.5) is 5.69 Å². The van der Waals surface area contributed by atoms with Crippen molar-refractivity contribution in [3.63, 3.8) is 0 Å². The van der Waals surface area contributed by atoms with Crippen LogP contribution in [0.1, 0.15) is 36.5 Å². The van der Waals surface area contributed by atoms with Gasteiger partial charge < -0.3 is 5.32 Å². The van der Waals surface area contributed by atoms with Gasteiger partial charge in [0.1, 0.15) is 0 Å². The second-order valence-electron chi connectivity index (χ2n) is 6.45. The maximum atomic E-state index is 12.8. The van der Waals surface area contributed by atoms with E-state index in [1.54, 1.807) is 16.4 Å². The summed E-state index contributed by atoms with van der Waals surface area (Å²) in [6.45, 7) is 2.50. The summed E-state index contributed by atoms with van der Waals surface area (Å²) in [6.07, 6.45) is 2.83. The highest BCUT2D eigenvalue weighted by atomic mass is 127. The number of carbonyl (C=O) groups excluding carboxylic acids is 1. The monoisotopic (exact) mass is 484 g/mol. The van der Waals surface area contributed by atoms with Crippen LogP contribution in [0.5, 0.6) is 0 Å². The van der Waals surface area contributed by atoms with E-state index in [9.17, 15) is 13.2 Å². The first-order valence-corrected chi connectivity index (χ1v) is 11.1. The van der Waals surface area contributed by atoms with Gasteiger partial charge >= 0.3 is 0 Å². The Bertz CT molecular complexity index is 897. The molecule has 0 aliphatic carbocycles. The molecule has 2 aromatic carbocycles. The van der Waals surface area contributed by atoms with E-state index >= 15 is 0 Å². The first-order chi connectivity index (χ1) is 12.4. The van der Waals surface area contributed by atoms with Crippen LogP contribution in [0.2, 0.25) is 0 Å². The van der Waals surface area contributed by atoms with Crippen LogP contribution in [0.25, 0.3) is 0 Å². The number of rotatable bonds is 4. The Morgan fingerprint density at radius 1 is 1.15 bits per heavy atom. The highest BCUT2D eigenvalue weighted by Gasteiger charge is 2.30. The molecule has 0 bridgehead atoms. The summed E-state index contributed by atoms with van der Waals surface area (Å²) in [7, 11) is -3.52. The number of amides is 1. The number of nitrogens with one attached hydrogen (secondary N) is 1. The Balaban J connectivity index is 1.76. The lowest BCUT2D eigenvalue weighted by atomic mass is 10.1. The fraction of sp³-hybridized carbons (Fsp3) is 0.316. The van der Waals surface area contributed by atoms with Crippen LogP contribution in [0, 0.1) is 3.57 Å². The summed E-state index contributed by atoms with van der Waals surface area (Å²) in [5.41, 5.74) is 1.13. The van der Waals surface area contributed by atoms with Gasteiger partial charge in [0.2, 0.25) is 10.0 Å². The third kappa shape index (κ3) is 4.27. The Kier molecular flexibility index (Phi) is 5.99. The third-order valence-corrected chi connectivity index (χ3v) is 7.25. The molecular weight excluding hydrogens is 463 g/mol. The zero-order valence-electron chi connectivity index (χ0n) is 14.5. The largest absolute Gasteiger partial charge is 0.322 e. The number of benzene rings is 2. The van der Waals surface area contributed by atoms with Crippen LogP contribution in [0.3, 0.4) is 0 Å². The zero-order chi connectivity index (χ0) is 18.7. The highest BCUT2D eigenvalue weighted by Crippen LogP contribution is 2.25. The van der Waals surface area contributed by atoms with Crippen molar-refractivity contribution in [2.45, 2.75) is 37.1 Å². The third-order valence-electron chi connectivity index (χ3n) is 4.55. The van der Waals surface area contributed by atoms with Gasteiger partial charge in [-0.05, 0) is 84.8 Å². The summed E-state index contributed by atoms with van der Waals surface area (Å²) < 4.78 is 28.3. The second-order valence-corrected chi connectivity index (χ2v) is 9.59. The Hall–Kier alpha value is -1.45. The summed E-state index contributed by atoms with van der Waals surface area (Å²) in [4.78, 5) is 12.6. The highest BCUT2D eigenvalue weighted by molar-refractivity contribution is 14.1. The Morgan fingerprint density at radius 3 is 2.54 bits per heavy atom. The molecule has 0 saturated carbocycles. The smallest absolute Gasteiger partial charge is 0.255 e. The number of nitrogens with zero attached hydrogens (tertiary/aromatic N) is 1. The molecule has 1 unspecified atom stereocenters. The van der Waals surface area contributed by atoms with Gasteiger partial charge in [0.05, 0.1) is 4.90 Å². The number of piperidine rings is 1. The molecule has 1 heterocycles. The lowest BCUT2D eigenvalue weighted by Gasteiger charge is -2.32. The number of hydrogen-bond acceptors (Lipinski definition) is 3. The van der Waals surface area contributed by atoms with Crippen LogP contribution in [0.15, 0.2) is 53.4 Å². The Morgan fingerprint density at radius 2 is 1.88 bits per heavy atom. The molecular formula is C19H21IN2O3S. The van der Waals surface area contributed by atoms with Gasteiger partial charge in [0, 0.05) is 27.4 Å². The number of anilines is 1. The predicted molar refractivity (Wildman–Crippen MR) is 111 cm³/mol. The molecule has 138 valence electrons. The van der Waals surface area contributed by atoms with E-state index in [0.717, 1.165) is 22.8 Å². The van der Waals surface area contributed by atoms with E-state index in [2.05, 4.69) is 27.9 Å². The average Bonchev–Trinajstić information content (AvgIpc) is 2.62. The van der Waals surface area contributed by atoms with Gasteiger partial charge in [-0.15, -0.1) is 0 Å². The van der Waals surface area contributed by atoms with E-state index in [1.807, 2.05) is 31.2 Å². The maximum Gasteiger partial charge on any atom is 0.255 e. The quantitative estimate of drug-likeness (QED) is 0.665. The minimum atomic E-state index is -3.52. The fourth-order valence-corrected chi connectivity index (χ4v) is 5.35. The lowest BCUT2D eigenvalue weighted by Crippen LogP contribution is -2.41. The van der Waals surface area contributed by atoms with Gasteiger partial charge in [-0.3, -0.25) is 4.79 Å². The number of hydrogen-bond donors (Lipinski definition) is 1. The molecule has 3 rings (SSSR count). The molecule has 1 atom stereocenters. The molecule has 7 heteroatoms. The predicted octanol–water partition coefficient (Wildman–Crippen LogP) is 4.11. The van der Waals surface area contributed by atoms with Gasteiger partial charge in [-0.2, -0.15) is 4.31 Å². The van der Waals surface area contributed by atoms with E-state index in [1.165, 1.54) is 12.1 Å². The molecule has 1 amide bonds. The first-order valence-electron chi connectivity index (χ1n) is 8.57. The number of halogens is 1. The SMILES string of the molecule is CC1CCCCN1S(=O)(=O)c1ccc(C(=O)Nc2cccc(I)c2)cc1. The van der Waals surface area contributed by atoms with Crippen LogP contribution in [-0.4, -0.2) is 31.2 Å². The van der Waals surface area contributed by atoms with Gasteiger partial charge in [0.25, 0.3) is 5.91 Å². The normalized spacial score (nSPS) is 18.5. The zero-order valence-corrected chi connectivity index (χ0v) is 17.5. The summed E-state index contributed by atoms with van der Waals surface area (Å²) >= 11 is 2.18. The van der Waals surface area contributed by atoms with Gasteiger partial charge in [-0.1, -0.05) is 12.5 Å². The average molecular weight is 484 g/mol. The van der Waals surface area contributed by atoms with Crippen LogP contribution >= 0.6 is 22.6 Å². The minimum Gasteiger partial charge on any atom is -0.322 e. The first kappa shape index (κ1) is 19.3. The van der Waals surface area contributed by atoms with E-state index in [0.29, 0.717) is 17.8 Å². The van der Waals surface area contributed by atoms with Crippen molar-refractivity contribution in [1.82, 2.24) is 4.31 Å². The number of carbonyl (C=O) groups is 1. The van der Waals surface area contributed by atoms with Crippen molar-refractivity contribution in [3.8, 4) is 0 Å². The molecule has 0 radical (unpaired) electrons. The summed E-state index contributed by atoms with van der Waals surface area (Å²) in [5.74, 6) is -0.262. The summed E-state index contributed by atoms with van der Waals surface area (Å²) in [5, 5.41) is 2.82. The van der Waals surface area contributed by atoms with E-state index in [-0.39, 0.29) is 16.8 Å². The van der Waals surface area contributed by atoms with E-state index < -0.39 is 10.0 Å². The van der Waals surface area contributed by atoms with Crippen molar-refractivity contribution in [3.05, 3.63) is 57.7 Å². The molecule has 1 aliphatic rings. The topological polar surface area (TPSA) is 66.5 Å². The fourth-order valence-electron chi connectivity index (χ4n) is 3.11. The molecule has 1 aliphatic heterocycles. The summed E-state index contributed by atoms with van der Waals surface area (Å²) in [6, 6.07) is 13.7. The van der Waals surface area contributed by atoms with Gasteiger partial charge in [0.15, 0.2) is 0 Å². The number of sulfonamides is 1. The molecule has 2 aromatic rings. The Labute approximate surface area is 168 Å². The standard InChI is InChI=1S/C19H21IN2O3S/c1-14-5-2-3-12-22(14)26(24,25)18-10-8-15(9-11-18)19(23)21-17-7-4-6-16(20)13-17/h4,6-11,13-14H,2-3,5,12H2,1H3,(H,21,23). The second kappa shape index (κ2) is 8.06. The molecule has 1 fully saturated rings. The molecule has 5 nitrogen and oxygen atoms in total. The van der Waals surface area contributed by atoms with Gasteiger partial charge in [-0.25, -0.2) is 8.42 Å². The van der Waals surface area contributed by atoms with Crippen molar-refractivity contribution in [1.29, 1.82) is 0 Å². The lowest BCUT2D eigenvalue weighted by molar-refractivity contribution is 0.102. The minimum absolute atomic E-state index is 0.0114. The molecule has 26 heavy (non-hydrogen) atoms. The molecule has 0 aromatic heterocycles. The maximum absolute atomic E-state index is 12.8. The van der Waals surface area contributed by atoms with Crippen LogP contribution < -0.4 is 5.32 Å². The van der Waals surface area contributed by atoms with Crippen molar-refractivity contribution in [2.75, 3.05) is 11.9 Å². The van der Waals surface area contributed by atoms with Crippen LogP contribution in [-0.2, 0) is 10.0 Å². The molecule has 1 N–H and O–H groups in total. The van der Waals surface area contributed by atoms with Crippen molar-refractivity contribution in [2.24, 2.45) is 0 Å². The molecule has 1 saturated heterocycles. The van der Waals surface area contributed by atoms with Crippen molar-refractivity contribution < 1.29 is 13.2 Å². The van der Waals surface area contributed by atoms with Crippen molar-refractivity contribution >= 4 is 44.2 Å².